The van der Waals surface area contributed by atoms with Crippen LogP contribution in [0.5, 0.6) is 0 Å². The molecular weight excluding hydrogens is 412 g/mol. The maximum absolute atomic E-state index is 11.7. The van der Waals surface area contributed by atoms with Crippen molar-refractivity contribution in [1.82, 2.24) is 9.80 Å². The summed E-state index contributed by atoms with van der Waals surface area (Å²) in [6, 6.07) is 0. The van der Waals surface area contributed by atoms with Crippen LogP contribution in [-0.4, -0.2) is 71.8 Å². The van der Waals surface area contributed by atoms with Crippen LogP contribution in [0.2, 0.25) is 0 Å². The van der Waals surface area contributed by atoms with E-state index in [9.17, 15) is 9.90 Å². The summed E-state index contributed by atoms with van der Waals surface area (Å²) < 4.78 is 5.46. The molecule has 1 N–H and O–H groups in total. The molecule has 1 saturated heterocycles. The first-order valence-corrected chi connectivity index (χ1v) is 13.6. The molecule has 3 aliphatic carbocycles. The first kappa shape index (κ1) is 25.2. The second-order valence-electron chi connectivity index (χ2n) is 11.6. The highest BCUT2D eigenvalue weighted by Gasteiger charge is 2.53. The van der Waals surface area contributed by atoms with Gasteiger partial charge in [0, 0.05) is 52.1 Å². The van der Waals surface area contributed by atoms with Gasteiger partial charge in [-0.1, -0.05) is 39.2 Å². The molecule has 5 heteroatoms. The molecule has 0 spiro atoms. The van der Waals surface area contributed by atoms with E-state index in [1.165, 1.54) is 58.7 Å². The van der Waals surface area contributed by atoms with Crippen molar-refractivity contribution >= 4 is 5.97 Å². The zero-order valence-corrected chi connectivity index (χ0v) is 21.4. The number of piperazine rings is 1. The maximum Gasteiger partial charge on any atom is 0.303 e. The van der Waals surface area contributed by atoms with Crippen LogP contribution < -0.4 is 0 Å². The highest BCUT2D eigenvalue weighted by molar-refractivity contribution is 5.66. The number of fused-ring (bicyclic) bond motifs is 1. The second-order valence-corrected chi connectivity index (χ2v) is 11.6. The predicted molar refractivity (Wildman–Crippen MR) is 132 cm³/mol. The van der Waals surface area contributed by atoms with Crippen LogP contribution in [-0.2, 0) is 9.53 Å². The van der Waals surface area contributed by atoms with Gasteiger partial charge >= 0.3 is 5.97 Å². The Labute approximate surface area is 201 Å². The van der Waals surface area contributed by atoms with Crippen LogP contribution in [0.4, 0.5) is 0 Å². The number of aliphatic hydroxyl groups is 1. The summed E-state index contributed by atoms with van der Waals surface area (Å²) in [6.45, 7) is 15.0. The molecule has 0 aromatic rings. The molecule has 0 bridgehead atoms. The summed E-state index contributed by atoms with van der Waals surface area (Å²) in [5.74, 6) is 1.71. The smallest absolute Gasteiger partial charge is 0.303 e. The normalized spacial score (nSPS) is 37.8. The molecule has 0 unspecified atom stereocenters. The Kier molecular flexibility index (Phi) is 8.23. The van der Waals surface area contributed by atoms with Crippen LogP contribution >= 0.6 is 0 Å². The molecule has 2 radical (unpaired) electrons. The van der Waals surface area contributed by atoms with E-state index in [1.807, 2.05) is 6.92 Å². The lowest BCUT2D eigenvalue weighted by Gasteiger charge is -2.53. The molecule has 2 saturated carbocycles. The zero-order valence-electron chi connectivity index (χ0n) is 21.4. The van der Waals surface area contributed by atoms with E-state index in [-0.39, 0.29) is 17.8 Å². The first-order valence-electron chi connectivity index (χ1n) is 13.6. The molecule has 4 aliphatic rings. The fourth-order valence-electron chi connectivity index (χ4n) is 7.04. The first-order chi connectivity index (χ1) is 15.8. The fourth-order valence-corrected chi connectivity index (χ4v) is 7.04. The van der Waals surface area contributed by atoms with Gasteiger partial charge in [0.25, 0.3) is 0 Å². The number of esters is 1. The highest BCUT2D eigenvalue weighted by atomic mass is 16.5. The Morgan fingerprint density at radius 1 is 1.15 bits per heavy atom. The van der Waals surface area contributed by atoms with Crippen molar-refractivity contribution in [2.24, 2.45) is 29.6 Å². The fraction of sp³-hybridized carbons (Fsp3) is 0.857. The van der Waals surface area contributed by atoms with E-state index >= 15 is 0 Å². The Balaban J connectivity index is 1.34. The number of hydrogen-bond donors (Lipinski definition) is 1. The lowest BCUT2D eigenvalue weighted by atomic mass is 9.57. The standard InChI is InChI=1S/C28H46N2O3/c1-20-16-26-25(11-10-22(3)28(26,32)17-27(20)33-23(4)31)21(2)18-29-12-14-30(15-13-29)19-24-8-6-5-7-9-24/h16,21-22,24-27,32H,5-15,18-19H2,1-4H3/t21-,22-,25+,26-,27-,28-/m1/s1. The van der Waals surface area contributed by atoms with Crippen LogP contribution in [0.3, 0.4) is 0 Å². The molecule has 5 nitrogen and oxygen atoms in total. The second kappa shape index (κ2) is 10.8. The van der Waals surface area contributed by atoms with E-state index in [1.54, 1.807) is 0 Å². The van der Waals surface area contributed by atoms with E-state index in [0.29, 0.717) is 11.8 Å². The van der Waals surface area contributed by atoms with Crippen molar-refractivity contribution in [3.63, 3.8) is 0 Å². The lowest BCUT2D eigenvalue weighted by molar-refractivity contribution is -0.148. The van der Waals surface area contributed by atoms with E-state index < -0.39 is 11.7 Å². The minimum atomic E-state index is -1.02. The van der Waals surface area contributed by atoms with Crippen molar-refractivity contribution in [2.75, 3.05) is 39.3 Å². The lowest BCUT2D eigenvalue weighted by Crippen LogP contribution is -2.57. The molecule has 0 aromatic carbocycles. The van der Waals surface area contributed by atoms with Crippen molar-refractivity contribution in [3.8, 4) is 0 Å². The van der Waals surface area contributed by atoms with Gasteiger partial charge in [0.1, 0.15) is 6.10 Å². The average molecular weight is 459 g/mol. The number of carbonyl (C=O) groups is 1. The number of rotatable bonds is 6. The molecular formula is C28H46N2O3. The number of carbonyl (C=O) groups excluding carboxylic acids is 1. The van der Waals surface area contributed by atoms with Crippen molar-refractivity contribution < 1.29 is 14.6 Å². The molecule has 186 valence electrons. The van der Waals surface area contributed by atoms with Gasteiger partial charge in [-0.25, -0.2) is 0 Å². The van der Waals surface area contributed by atoms with E-state index in [2.05, 4.69) is 36.1 Å². The monoisotopic (exact) mass is 458 g/mol. The van der Waals surface area contributed by atoms with Crippen LogP contribution in [0.1, 0.15) is 72.6 Å². The summed E-state index contributed by atoms with van der Waals surface area (Å²) >= 11 is 0. The predicted octanol–water partition coefficient (Wildman–Crippen LogP) is 4.19. The quantitative estimate of drug-likeness (QED) is 0.478. The molecule has 0 aromatic heterocycles. The third kappa shape index (κ3) is 5.85. The highest BCUT2D eigenvalue weighted by Crippen LogP contribution is 2.50. The van der Waals surface area contributed by atoms with Gasteiger partial charge in [0.2, 0.25) is 0 Å². The van der Waals surface area contributed by atoms with Crippen molar-refractivity contribution in [2.45, 2.75) is 84.3 Å². The molecule has 3 fully saturated rings. The van der Waals surface area contributed by atoms with Gasteiger partial charge < -0.3 is 19.6 Å². The topological polar surface area (TPSA) is 53.0 Å². The number of hydrogen-bond acceptors (Lipinski definition) is 5. The van der Waals surface area contributed by atoms with Gasteiger partial charge in [-0.15, -0.1) is 0 Å². The van der Waals surface area contributed by atoms with E-state index in [0.717, 1.165) is 44.0 Å². The Morgan fingerprint density at radius 3 is 2.48 bits per heavy atom. The third-order valence-corrected chi connectivity index (χ3v) is 9.14. The summed E-state index contributed by atoms with van der Waals surface area (Å²) in [7, 11) is 0. The summed E-state index contributed by atoms with van der Waals surface area (Å²) in [6.07, 6.45) is 14.3. The molecule has 1 aliphatic heterocycles. The summed E-state index contributed by atoms with van der Waals surface area (Å²) in [4.78, 5) is 16.9. The maximum atomic E-state index is 11.7. The minimum absolute atomic E-state index is 0.0515. The average Bonchev–Trinajstić information content (AvgIpc) is 2.78. The van der Waals surface area contributed by atoms with Gasteiger partial charge in [0.05, 0.1) is 12.0 Å². The summed E-state index contributed by atoms with van der Waals surface area (Å²) in [5, 5.41) is 11.7. The Bertz CT molecular complexity index is 695. The molecule has 6 atom stereocenters. The van der Waals surface area contributed by atoms with Gasteiger partial charge in [-0.2, -0.15) is 0 Å². The van der Waals surface area contributed by atoms with Crippen molar-refractivity contribution in [3.05, 3.63) is 18.1 Å². The van der Waals surface area contributed by atoms with Crippen molar-refractivity contribution in [1.29, 1.82) is 0 Å². The van der Waals surface area contributed by atoms with Crippen LogP contribution in [0.25, 0.3) is 0 Å². The molecule has 33 heavy (non-hydrogen) atoms. The third-order valence-electron chi connectivity index (χ3n) is 9.14. The Hall–Kier alpha value is -0.910. The van der Waals surface area contributed by atoms with Gasteiger partial charge in [0.15, 0.2) is 0 Å². The summed E-state index contributed by atoms with van der Waals surface area (Å²) in [5.41, 5.74) is -0.0160. The number of nitrogens with zero attached hydrogens (tertiary/aromatic N) is 2. The zero-order chi connectivity index (χ0) is 23.6. The van der Waals surface area contributed by atoms with Gasteiger partial charge in [-0.3, -0.25) is 4.79 Å². The van der Waals surface area contributed by atoms with Gasteiger partial charge in [-0.05, 0) is 61.9 Å². The van der Waals surface area contributed by atoms with Crippen LogP contribution in [0, 0.1) is 36.0 Å². The Morgan fingerprint density at radius 2 is 1.82 bits per heavy atom. The van der Waals surface area contributed by atoms with E-state index in [4.69, 9.17) is 4.74 Å². The SMILES string of the molecule is CC(=O)O[C@@H]1[C][C@@]2(O)[C@H](C)CC[C@@H]([C@H](C)CN3CCN(CC4CCCCC4)CC3)[C@H]2C=C1C. The van der Waals surface area contributed by atoms with Crippen LogP contribution in [0.15, 0.2) is 11.6 Å². The molecule has 0 amide bonds. The number of ether oxygens (including phenoxy) is 1. The molecule has 1 heterocycles. The molecule has 4 rings (SSSR count). The largest absolute Gasteiger partial charge is 0.457 e. The minimum Gasteiger partial charge on any atom is -0.457 e.